The van der Waals surface area contributed by atoms with Gasteiger partial charge in [0.25, 0.3) is 0 Å². The molecule has 0 aromatic heterocycles. The van der Waals surface area contributed by atoms with E-state index in [4.69, 9.17) is 5.73 Å². The average Bonchev–Trinajstić information content (AvgIpc) is 3.10. The fourth-order valence-electron chi connectivity index (χ4n) is 1.91. The first-order valence-corrected chi connectivity index (χ1v) is 5.96. The van der Waals surface area contributed by atoms with E-state index in [1.165, 1.54) is 0 Å². The molecule has 1 saturated carbocycles. The third kappa shape index (κ3) is 4.69. The standard InChI is InChI=1S/C12H11F6NO2/c13-11(14,15)20-7-3-4-9(21-12(16,17)18)8(5-7)10(19)6-1-2-6/h3-6,10H,1-2,19H2. The molecule has 21 heavy (non-hydrogen) atoms. The molecule has 118 valence electrons. The van der Waals surface area contributed by atoms with Crippen molar-refractivity contribution in [1.29, 1.82) is 0 Å². The quantitative estimate of drug-likeness (QED) is 0.857. The summed E-state index contributed by atoms with van der Waals surface area (Å²) in [5.74, 6) is -1.32. The molecule has 0 radical (unpaired) electrons. The lowest BCUT2D eigenvalue weighted by atomic mass is 10.0. The Labute approximate surface area is 115 Å². The van der Waals surface area contributed by atoms with E-state index < -0.39 is 30.3 Å². The van der Waals surface area contributed by atoms with Crippen molar-refractivity contribution in [2.45, 2.75) is 31.6 Å². The van der Waals surface area contributed by atoms with Crippen molar-refractivity contribution in [3.05, 3.63) is 23.8 Å². The Kier molecular flexibility index (Phi) is 3.96. The second-order valence-electron chi connectivity index (χ2n) is 4.66. The van der Waals surface area contributed by atoms with Gasteiger partial charge in [-0.15, -0.1) is 26.3 Å². The predicted octanol–water partition coefficient (Wildman–Crippen LogP) is 3.89. The molecular weight excluding hydrogens is 304 g/mol. The third-order valence-corrected chi connectivity index (χ3v) is 2.93. The monoisotopic (exact) mass is 315 g/mol. The maximum atomic E-state index is 12.3. The molecule has 3 nitrogen and oxygen atoms in total. The highest BCUT2D eigenvalue weighted by Gasteiger charge is 2.37. The summed E-state index contributed by atoms with van der Waals surface area (Å²) < 4.78 is 80.8. The van der Waals surface area contributed by atoms with Gasteiger partial charge in [0, 0.05) is 11.6 Å². The van der Waals surface area contributed by atoms with E-state index >= 15 is 0 Å². The fourth-order valence-corrected chi connectivity index (χ4v) is 1.91. The van der Waals surface area contributed by atoms with Crippen LogP contribution in [0.1, 0.15) is 24.4 Å². The van der Waals surface area contributed by atoms with E-state index in [1.54, 1.807) is 0 Å². The molecule has 9 heteroatoms. The van der Waals surface area contributed by atoms with Gasteiger partial charge in [-0.2, -0.15) is 0 Å². The van der Waals surface area contributed by atoms with E-state index in [-0.39, 0.29) is 11.5 Å². The Balaban J connectivity index is 2.31. The topological polar surface area (TPSA) is 44.5 Å². The first-order valence-electron chi connectivity index (χ1n) is 5.96. The second-order valence-corrected chi connectivity index (χ2v) is 4.66. The Bertz CT molecular complexity index is 509. The minimum atomic E-state index is -4.95. The molecule has 1 atom stereocenters. The number of rotatable bonds is 4. The molecule has 1 aliphatic carbocycles. The van der Waals surface area contributed by atoms with Gasteiger partial charge in [0.15, 0.2) is 0 Å². The van der Waals surface area contributed by atoms with Crippen molar-refractivity contribution in [3.8, 4) is 11.5 Å². The molecule has 0 aliphatic heterocycles. The number of hydrogen-bond acceptors (Lipinski definition) is 3. The van der Waals surface area contributed by atoms with Crippen LogP contribution in [0, 0.1) is 5.92 Å². The Morgan fingerprint density at radius 2 is 1.57 bits per heavy atom. The first kappa shape index (κ1) is 15.7. The van der Waals surface area contributed by atoms with Gasteiger partial charge in [-0.1, -0.05) is 0 Å². The van der Waals surface area contributed by atoms with E-state index in [0.29, 0.717) is 12.8 Å². The van der Waals surface area contributed by atoms with Gasteiger partial charge in [0.2, 0.25) is 0 Å². The second kappa shape index (κ2) is 5.28. The zero-order valence-electron chi connectivity index (χ0n) is 10.5. The van der Waals surface area contributed by atoms with Crippen LogP contribution in [0.2, 0.25) is 0 Å². The Hall–Kier alpha value is -1.64. The number of alkyl halides is 6. The lowest BCUT2D eigenvalue weighted by Gasteiger charge is -2.19. The molecule has 0 spiro atoms. The molecule has 0 saturated heterocycles. The van der Waals surface area contributed by atoms with Crippen molar-refractivity contribution in [1.82, 2.24) is 0 Å². The van der Waals surface area contributed by atoms with E-state index in [0.717, 1.165) is 18.2 Å². The van der Waals surface area contributed by atoms with Gasteiger partial charge in [0.1, 0.15) is 11.5 Å². The molecule has 1 aliphatic rings. The van der Waals surface area contributed by atoms with Crippen LogP contribution in [-0.4, -0.2) is 12.7 Å². The predicted molar refractivity (Wildman–Crippen MR) is 59.5 cm³/mol. The van der Waals surface area contributed by atoms with E-state index in [2.05, 4.69) is 9.47 Å². The molecule has 1 aromatic rings. The number of benzene rings is 1. The lowest BCUT2D eigenvalue weighted by molar-refractivity contribution is -0.277. The lowest BCUT2D eigenvalue weighted by Crippen LogP contribution is -2.22. The summed E-state index contributed by atoms with van der Waals surface area (Å²) >= 11 is 0. The number of nitrogens with two attached hydrogens (primary N) is 1. The Morgan fingerprint density at radius 3 is 2.05 bits per heavy atom. The third-order valence-electron chi connectivity index (χ3n) is 2.93. The zero-order chi connectivity index (χ0) is 15.8. The molecule has 1 aromatic carbocycles. The summed E-state index contributed by atoms with van der Waals surface area (Å²) in [5.41, 5.74) is 5.61. The van der Waals surface area contributed by atoms with Crippen molar-refractivity contribution in [2.75, 3.05) is 0 Å². The minimum absolute atomic E-state index is 0.0679. The summed E-state index contributed by atoms with van der Waals surface area (Å²) in [6, 6.07) is 1.51. The van der Waals surface area contributed by atoms with Gasteiger partial charge in [-0.3, -0.25) is 0 Å². The Morgan fingerprint density at radius 1 is 1.00 bits per heavy atom. The number of halogens is 6. The van der Waals surface area contributed by atoms with E-state index in [1.807, 2.05) is 0 Å². The van der Waals surface area contributed by atoms with Crippen LogP contribution in [0.25, 0.3) is 0 Å². The average molecular weight is 315 g/mol. The molecule has 0 amide bonds. The molecule has 1 fully saturated rings. The van der Waals surface area contributed by atoms with Gasteiger partial charge in [-0.05, 0) is 37.0 Å². The summed E-state index contributed by atoms with van der Waals surface area (Å²) in [7, 11) is 0. The number of ether oxygens (including phenoxy) is 2. The zero-order valence-corrected chi connectivity index (χ0v) is 10.5. The van der Waals surface area contributed by atoms with Crippen LogP contribution < -0.4 is 15.2 Å². The van der Waals surface area contributed by atoms with Crippen LogP contribution >= 0.6 is 0 Å². The van der Waals surface area contributed by atoms with E-state index in [9.17, 15) is 26.3 Å². The highest BCUT2D eigenvalue weighted by atomic mass is 19.4. The SMILES string of the molecule is NC(c1cc(OC(F)(F)F)ccc1OC(F)(F)F)C1CC1. The summed E-state index contributed by atoms with van der Waals surface area (Å²) in [5, 5.41) is 0. The molecule has 2 N–H and O–H groups in total. The molecule has 0 heterocycles. The van der Waals surface area contributed by atoms with Crippen molar-refractivity contribution >= 4 is 0 Å². The first-order chi connectivity index (χ1) is 9.55. The van der Waals surface area contributed by atoms with Crippen LogP contribution in [0.15, 0.2) is 18.2 Å². The van der Waals surface area contributed by atoms with Gasteiger partial charge in [0.05, 0.1) is 0 Å². The summed E-state index contributed by atoms with van der Waals surface area (Å²) in [4.78, 5) is 0. The van der Waals surface area contributed by atoms with Gasteiger partial charge < -0.3 is 15.2 Å². The van der Waals surface area contributed by atoms with Gasteiger partial charge >= 0.3 is 12.7 Å². The smallest absolute Gasteiger partial charge is 0.406 e. The fraction of sp³-hybridized carbons (Fsp3) is 0.500. The summed E-state index contributed by atoms with van der Waals surface area (Å²) in [6.45, 7) is 0. The summed E-state index contributed by atoms with van der Waals surface area (Å²) in [6.07, 6.45) is -8.48. The van der Waals surface area contributed by atoms with Crippen LogP contribution in [0.3, 0.4) is 0 Å². The van der Waals surface area contributed by atoms with Crippen molar-refractivity contribution in [3.63, 3.8) is 0 Å². The maximum Gasteiger partial charge on any atom is 0.573 e. The molecule has 0 bridgehead atoms. The molecular formula is C12H11F6NO2. The van der Waals surface area contributed by atoms with Crippen LogP contribution in [-0.2, 0) is 0 Å². The van der Waals surface area contributed by atoms with Gasteiger partial charge in [-0.25, -0.2) is 0 Å². The van der Waals surface area contributed by atoms with Crippen molar-refractivity contribution < 1.29 is 35.8 Å². The molecule has 2 rings (SSSR count). The highest BCUT2D eigenvalue weighted by Crippen LogP contribution is 2.44. The highest BCUT2D eigenvalue weighted by molar-refractivity contribution is 5.43. The molecule has 1 unspecified atom stereocenters. The number of hydrogen-bond donors (Lipinski definition) is 1. The van der Waals surface area contributed by atoms with Crippen molar-refractivity contribution in [2.24, 2.45) is 11.7 Å². The largest absolute Gasteiger partial charge is 0.573 e. The normalized spacial score (nSPS) is 17.5. The van der Waals surface area contributed by atoms with Crippen LogP contribution in [0.4, 0.5) is 26.3 Å². The van der Waals surface area contributed by atoms with Crippen LogP contribution in [0.5, 0.6) is 11.5 Å². The maximum absolute atomic E-state index is 12.3. The minimum Gasteiger partial charge on any atom is -0.406 e.